The number of piperidine rings is 1. The first-order valence-corrected chi connectivity index (χ1v) is 10.2. The average Bonchev–Trinajstić information content (AvgIpc) is 3.33. The van der Waals surface area contributed by atoms with Gasteiger partial charge in [-0.1, -0.05) is 11.6 Å². The Morgan fingerprint density at radius 2 is 1.74 bits per heavy atom. The maximum absolute atomic E-state index is 6.47. The van der Waals surface area contributed by atoms with Crippen LogP contribution in [0.15, 0.2) is 49.2 Å². The summed E-state index contributed by atoms with van der Waals surface area (Å²) in [5, 5.41) is 12.9. The molecule has 0 aliphatic carbocycles. The van der Waals surface area contributed by atoms with E-state index < -0.39 is 0 Å². The van der Waals surface area contributed by atoms with E-state index in [0.717, 1.165) is 46.7 Å². The summed E-state index contributed by atoms with van der Waals surface area (Å²) >= 11 is 6.47. The molecule has 2 unspecified atom stereocenters. The first-order valence-electron chi connectivity index (χ1n) is 9.77. The number of rotatable bonds is 3. The van der Waals surface area contributed by atoms with Crippen LogP contribution in [0.1, 0.15) is 6.42 Å². The van der Waals surface area contributed by atoms with Gasteiger partial charge in [0.2, 0.25) is 0 Å². The van der Waals surface area contributed by atoms with Crippen molar-refractivity contribution in [2.75, 3.05) is 18.0 Å². The lowest BCUT2D eigenvalue weighted by Crippen LogP contribution is -2.67. The molecule has 0 radical (unpaired) electrons. The van der Waals surface area contributed by atoms with Gasteiger partial charge in [0.25, 0.3) is 0 Å². The lowest BCUT2D eigenvalue weighted by molar-refractivity contribution is 0.225. The Balaban J connectivity index is 0.00000116. The van der Waals surface area contributed by atoms with Gasteiger partial charge in [-0.25, -0.2) is 9.50 Å². The van der Waals surface area contributed by atoms with Crippen molar-refractivity contribution in [2.45, 2.75) is 18.5 Å². The van der Waals surface area contributed by atoms with Crippen molar-refractivity contribution < 1.29 is 0 Å². The van der Waals surface area contributed by atoms with Crippen LogP contribution in [0.4, 0.5) is 5.82 Å². The van der Waals surface area contributed by atoms with E-state index in [-0.39, 0.29) is 24.8 Å². The second-order valence-electron chi connectivity index (χ2n) is 7.94. The topological polar surface area (TPSA) is 63.3 Å². The van der Waals surface area contributed by atoms with E-state index in [1.807, 2.05) is 36.4 Å². The quantitative estimate of drug-likeness (QED) is 0.485. The number of nitrogens with zero attached hydrogens (tertiary/aromatic N) is 6. The Morgan fingerprint density at radius 1 is 0.968 bits per heavy atom. The molecule has 0 aromatic carbocycles. The fraction of sp³-hybridized carbons (Fsp3) is 0.286. The maximum atomic E-state index is 6.47. The smallest absolute Gasteiger partial charge is 0.128 e. The van der Waals surface area contributed by atoms with Crippen molar-refractivity contribution >= 4 is 47.7 Å². The number of hydrogen-bond donors (Lipinski definition) is 1. The second-order valence-corrected chi connectivity index (χ2v) is 8.34. The number of aromatic nitrogens is 5. The second kappa shape index (κ2) is 8.31. The number of fused-ring (bicyclic) bond motifs is 3. The van der Waals surface area contributed by atoms with E-state index in [1.54, 1.807) is 10.9 Å². The Morgan fingerprint density at radius 3 is 2.39 bits per heavy atom. The molecule has 31 heavy (non-hydrogen) atoms. The van der Waals surface area contributed by atoms with Crippen molar-refractivity contribution in [2.24, 2.45) is 7.05 Å². The van der Waals surface area contributed by atoms with E-state index >= 15 is 0 Å². The third-order valence-electron chi connectivity index (χ3n) is 5.91. The molecule has 4 aromatic heterocycles. The third-order valence-corrected chi connectivity index (χ3v) is 6.19. The number of aryl methyl sites for hydroxylation is 1. The van der Waals surface area contributed by atoms with Crippen LogP contribution in [0.5, 0.6) is 0 Å². The molecule has 7 heterocycles. The molecule has 7 rings (SSSR count). The fourth-order valence-corrected chi connectivity index (χ4v) is 4.70. The van der Waals surface area contributed by atoms with E-state index in [0.29, 0.717) is 17.1 Å². The summed E-state index contributed by atoms with van der Waals surface area (Å²) in [6.07, 6.45) is 10.7. The Labute approximate surface area is 197 Å². The van der Waals surface area contributed by atoms with Crippen LogP contribution in [0.25, 0.3) is 27.8 Å². The van der Waals surface area contributed by atoms with Gasteiger partial charge in [0.1, 0.15) is 5.82 Å². The zero-order valence-corrected chi connectivity index (χ0v) is 19.2. The molecule has 2 atom stereocenters. The summed E-state index contributed by atoms with van der Waals surface area (Å²) in [6, 6.07) is 7.59. The first kappa shape index (κ1) is 21.9. The molecule has 0 saturated carbocycles. The van der Waals surface area contributed by atoms with Crippen molar-refractivity contribution in [1.29, 1.82) is 0 Å². The normalized spacial score (nSPS) is 19.5. The Hall–Kier alpha value is -2.32. The van der Waals surface area contributed by atoms with E-state index in [1.165, 1.54) is 6.42 Å². The van der Waals surface area contributed by atoms with Crippen LogP contribution in [0.2, 0.25) is 5.02 Å². The molecule has 10 heteroatoms. The zero-order chi connectivity index (χ0) is 19.5. The summed E-state index contributed by atoms with van der Waals surface area (Å²) in [6.45, 7) is 2.05. The summed E-state index contributed by atoms with van der Waals surface area (Å²) in [5.41, 5.74) is 4.99. The van der Waals surface area contributed by atoms with E-state index in [2.05, 4.69) is 38.6 Å². The highest BCUT2D eigenvalue weighted by molar-refractivity contribution is 6.34. The number of hydrogen-bond acceptors (Lipinski definition) is 5. The van der Waals surface area contributed by atoms with Gasteiger partial charge in [0, 0.05) is 73.1 Å². The van der Waals surface area contributed by atoms with Gasteiger partial charge in [-0.2, -0.15) is 10.2 Å². The van der Waals surface area contributed by atoms with E-state index in [4.69, 9.17) is 16.6 Å². The molecule has 3 saturated heterocycles. The molecule has 3 fully saturated rings. The first-order chi connectivity index (χ1) is 14.1. The SMILES string of the molecule is Cl.Cl.Cn1cc(-c2cc(-c3ccc(N4CC5CC(C4)N5)nc3)c3c(Cl)cnn3c2)cn1. The van der Waals surface area contributed by atoms with Gasteiger partial charge in [0.15, 0.2) is 0 Å². The van der Waals surface area contributed by atoms with Crippen molar-refractivity contribution in [3.63, 3.8) is 0 Å². The Bertz CT molecular complexity index is 1200. The highest BCUT2D eigenvalue weighted by atomic mass is 35.5. The highest BCUT2D eigenvalue weighted by Gasteiger charge is 2.36. The lowest BCUT2D eigenvalue weighted by atomic mass is 9.91. The third kappa shape index (κ3) is 3.76. The van der Waals surface area contributed by atoms with Gasteiger partial charge >= 0.3 is 0 Å². The standard InChI is InChI=1S/C21H20ClN7.2ClH/c1-27-9-15(7-24-27)14-4-18(21-19(22)8-25-29(21)10-14)13-2-3-20(23-6-13)28-11-16-5-17(12-28)26-16;;/h2-4,6-10,16-17,26H,5,11-12H2,1H3;2*1H. The van der Waals surface area contributed by atoms with Crippen LogP contribution in [0.3, 0.4) is 0 Å². The van der Waals surface area contributed by atoms with Gasteiger partial charge in [-0.15, -0.1) is 24.8 Å². The van der Waals surface area contributed by atoms with Crippen molar-refractivity contribution in [3.05, 3.63) is 54.2 Å². The summed E-state index contributed by atoms with van der Waals surface area (Å²) in [4.78, 5) is 7.14. The minimum atomic E-state index is 0. The fourth-order valence-electron chi connectivity index (χ4n) is 4.47. The largest absolute Gasteiger partial charge is 0.353 e. The number of halogens is 3. The van der Waals surface area contributed by atoms with E-state index in [9.17, 15) is 0 Å². The van der Waals surface area contributed by atoms with Crippen LogP contribution >= 0.6 is 36.4 Å². The predicted octanol–water partition coefficient (Wildman–Crippen LogP) is 3.84. The summed E-state index contributed by atoms with van der Waals surface area (Å²) < 4.78 is 3.63. The predicted molar refractivity (Wildman–Crippen MR) is 128 cm³/mol. The monoisotopic (exact) mass is 477 g/mol. The van der Waals surface area contributed by atoms with Crippen LogP contribution in [0, 0.1) is 0 Å². The number of pyridine rings is 2. The number of anilines is 1. The van der Waals surface area contributed by atoms with Gasteiger partial charge in [0.05, 0.1) is 22.9 Å². The molecule has 3 aliphatic heterocycles. The molecule has 162 valence electrons. The minimum absolute atomic E-state index is 0. The maximum Gasteiger partial charge on any atom is 0.128 e. The zero-order valence-electron chi connectivity index (χ0n) is 16.8. The molecule has 0 spiro atoms. The summed E-state index contributed by atoms with van der Waals surface area (Å²) in [7, 11) is 1.91. The molecule has 0 amide bonds. The van der Waals surface area contributed by atoms with Crippen molar-refractivity contribution in [1.82, 2.24) is 29.7 Å². The van der Waals surface area contributed by atoms with Gasteiger partial charge in [-0.3, -0.25) is 4.68 Å². The summed E-state index contributed by atoms with van der Waals surface area (Å²) in [5.74, 6) is 1.03. The van der Waals surface area contributed by atoms with Crippen LogP contribution < -0.4 is 10.2 Å². The molecule has 3 aliphatic rings. The molecular weight excluding hydrogens is 457 g/mol. The molecule has 2 bridgehead atoms. The van der Waals surface area contributed by atoms with Crippen molar-refractivity contribution in [3.8, 4) is 22.3 Å². The number of piperazine rings is 1. The molecule has 1 N–H and O–H groups in total. The molecular formula is C21H22Cl3N7. The van der Waals surface area contributed by atoms with Crippen LogP contribution in [-0.4, -0.2) is 49.6 Å². The minimum Gasteiger partial charge on any atom is -0.353 e. The van der Waals surface area contributed by atoms with Gasteiger partial charge in [-0.05, 0) is 24.6 Å². The highest BCUT2D eigenvalue weighted by Crippen LogP contribution is 2.34. The molecule has 4 aromatic rings. The average molecular weight is 479 g/mol. The number of nitrogens with one attached hydrogen (secondary N) is 1. The lowest BCUT2D eigenvalue weighted by Gasteiger charge is -2.48. The van der Waals surface area contributed by atoms with Crippen LogP contribution in [-0.2, 0) is 7.05 Å². The molecule has 7 nitrogen and oxygen atoms in total. The van der Waals surface area contributed by atoms with Gasteiger partial charge < -0.3 is 10.2 Å². The Kier molecular flexibility index (Phi) is 5.87.